The quantitative estimate of drug-likeness (QED) is 0.902. The number of halogens is 1. The molecule has 0 saturated carbocycles. The number of amides is 1. The van der Waals surface area contributed by atoms with E-state index in [1.54, 1.807) is 22.9 Å². The third-order valence-electron chi connectivity index (χ3n) is 3.28. The van der Waals surface area contributed by atoms with Gasteiger partial charge in [0.1, 0.15) is 0 Å². The summed E-state index contributed by atoms with van der Waals surface area (Å²) in [6.45, 7) is 3.59. The van der Waals surface area contributed by atoms with Gasteiger partial charge in [0.25, 0.3) is 5.91 Å². The van der Waals surface area contributed by atoms with Crippen LogP contribution in [0.25, 0.3) is 10.9 Å². The maximum Gasteiger partial charge on any atom is 0.275 e. The molecule has 0 aliphatic heterocycles. The number of aryl methyl sites for hydroxylation is 1. The van der Waals surface area contributed by atoms with Crippen LogP contribution in [0.5, 0.6) is 0 Å². The number of carbonyl (C=O) groups is 1. The summed E-state index contributed by atoms with van der Waals surface area (Å²) in [6.07, 6.45) is 0. The van der Waals surface area contributed by atoms with Gasteiger partial charge in [-0.25, -0.2) is 0 Å². The average molecular weight is 323 g/mol. The van der Waals surface area contributed by atoms with Gasteiger partial charge < -0.3 is 10.2 Å². The molecule has 0 bridgehead atoms. The van der Waals surface area contributed by atoms with E-state index < -0.39 is 11.3 Å². The monoisotopic (exact) mass is 322 g/mol. The van der Waals surface area contributed by atoms with Gasteiger partial charge in [0.15, 0.2) is 5.69 Å². The highest BCUT2D eigenvalue weighted by Gasteiger charge is 2.17. The minimum atomic E-state index is -0.462. The molecule has 22 heavy (non-hydrogen) atoms. The van der Waals surface area contributed by atoms with Crippen LogP contribution in [0.15, 0.2) is 23.0 Å². The average Bonchev–Trinajstić information content (AvgIpc) is 2.47. The van der Waals surface area contributed by atoms with Crippen LogP contribution >= 0.6 is 11.6 Å². The molecule has 118 valence electrons. The zero-order valence-corrected chi connectivity index (χ0v) is 13.6. The summed E-state index contributed by atoms with van der Waals surface area (Å²) in [5, 5.41) is 7.75. The fraction of sp³-hybridized carbons (Fsp3) is 0.400. The van der Waals surface area contributed by atoms with Gasteiger partial charge in [-0.05, 0) is 39.2 Å². The molecule has 1 heterocycles. The van der Waals surface area contributed by atoms with Gasteiger partial charge in [0, 0.05) is 24.7 Å². The van der Waals surface area contributed by atoms with E-state index in [0.29, 0.717) is 35.6 Å². The summed E-state index contributed by atoms with van der Waals surface area (Å²) in [4.78, 5) is 26.6. The highest BCUT2D eigenvalue weighted by molar-refractivity contribution is 6.31. The number of rotatable bonds is 5. The van der Waals surface area contributed by atoms with E-state index >= 15 is 0 Å². The summed E-state index contributed by atoms with van der Waals surface area (Å²) in [7, 11) is 3.82. The lowest BCUT2D eigenvalue weighted by atomic mass is 10.2. The Kier molecular flexibility index (Phi) is 5.15. The molecule has 0 atom stereocenters. The summed E-state index contributed by atoms with van der Waals surface area (Å²) < 4.78 is 1.63. The number of hydrogen-bond donors (Lipinski definition) is 1. The number of benzene rings is 1. The van der Waals surface area contributed by atoms with Crippen LogP contribution in [0.1, 0.15) is 17.4 Å². The van der Waals surface area contributed by atoms with Crippen molar-refractivity contribution < 1.29 is 4.79 Å². The minimum absolute atomic E-state index is 0.102. The summed E-state index contributed by atoms with van der Waals surface area (Å²) in [6, 6.07) is 5.01. The van der Waals surface area contributed by atoms with E-state index in [0.717, 1.165) is 0 Å². The Morgan fingerprint density at radius 3 is 2.77 bits per heavy atom. The SMILES string of the molecule is CCn1nc(C(=O)NCCN(C)C)c(=O)c2cc(Cl)ccc21. The Bertz CT molecular complexity index is 755. The molecule has 0 unspecified atom stereocenters. The van der Waals surface area contributed by atoms with Crippen molar-refractivity contribution in [3.05, 3.63) is 39.1 Å². The molecule has 0 aliphatic carbocycles. The summed E-state index contributed by atoms with van der Waals surface area (Å²) in [5.41, 5.74) is 0.168. The van der Waals surface area contributed by atoms with Crippen LogP contribution in [0.2, 0.25) is 5.02 Å². The molecule has 2 aromatic rings. The van der Waals surface area contributed by atoms with Gasteiger partial charge in [0.2, 0.25) is 5.43 Å². The molecule has 1 amide bonds. The second-order valence-electron chi connectivity index (χ2n) is 5.21. The van der Waals surface area contributed by atoms with Crippen molar-refractivity contribution in [3.63, 3.8) is 0 Å². The smallest absolute Gasteiger partial charge is 0.275 e. The highest BCUT2D eigenvalue weighted by Crippen LogP contribution is 2.16. The van der Waals surface area contributed by atoms with Gasteiger partial charge in [-0.1, -0.05) is 11.6 Å². The molecule has 0 aliphatic rings. The molecule has 1 aromatic heterocycles. The number of fused-ring (bicyclic) bond motifs is 1. The molecule has 1 N–H and O–H groups in total. The zero-order valence-electron chi connectivity index (χ0n) is 12.9. The van der Waals surface area contributed by atoms with E-state index in [1.165, 1.54) is 0 Å². The lowest BCUT2D eigenvalue weighted by Gasteiger charge is -2.12. The number of likely N-dealkylation sites (N-methyl/N-ethyl adjacent to an activating group) is 1. The first-order chi connectivity index (χ1) is 10.4. The van der Waals surface area contributed by atoms with Crippen LogP contribution in [0.3, 0.4) is 0 Å². The Labute approximate surface area is 133 Å². The van der Waals surface area contributed by atoms with Gasteiger partial charge in [0.05, 0.1) is 10.9 Å². The standard InChI is InChI=1S/C15H19ClN4O2/c1-4-20-12-6-5-10(16)9-11(12)14(21)13(18-20)15(22)17-7-8-19(2)3/h5-6,9H,4,7-8H2,1-3H3,(H,17,22). The number of aromatic nitrogens is 2. The van der Waals surface area contributed by atoms with Crippen LogP contribution in [-0.4, -0.2) is 47.8 Å². The second kappa shape index (κ2) is 6.89. The van der Waals surface area contributed by atoms with Gasteiger partial charge in [-0.2, -0.15) is 5.10 Å². The van der Waals surface area contributed by atoms with Crippen molar-refractivity contribution in [3.8, 4) is 0 Å². The fourth-order valence-corrected chi connectivity index (χ4v) is 2.30. The normalized spacial score (nSPS) is 11.1. The first kappa shape index (κ1) is 16.5. The van der Waals surface area contributed by atoms with Crippen LogP contribution < -0.4 is 10.7 Å². The highest BCUT2D eigenvalue weighted by atomic mass is 35.5. The van der Waals surface area contributed by atoms with Crippen molar-refractivity contribution >= 4 is 28.4 Å². The molecule has 0 saturated heterocycles. The fourth-order valence-electron chi connectivity index (χ4n) is 2.13. The van der Waals surface area contributed by atoms with Gasteiger partial charge in [-0.3, -0.25) is 14.3 Å². The topological polar surface area (TPSA) is 67.2 Å². The van der Waals surface area contributed by atoms with E-state index in [4.69, 9.17) is 11.6 Å². The number of carbonyl (C=O) groups excluding carboxylic acids is 1. The Hall–Kier alpha value is -1.92. The van der Waals surface area contributed by atoms with E-state index in [2.05, 4.69) is 10.4 Å². The first-order valence-electron chi connectivity index (χ1n) is 7.07. The third kappa shape index (κ3) is 3.45. The van der Waals surface area contributed by atoms with E-state index in [-0.39, 0.29) is 5.69 Å². The molecule has 1 aromatic carbocycles. The van der Waals surface area contributed by atoms with Crippen LogP contribution in [0, 0.1) is 0 Å². The van der Waals surface area contributed by atoms with E-state index in [9.17, 15) is 9.59 Å². The number of nitrogens with zero attached hydrogens (tertiary/aromatic N) is 3. The molecule has 2 rings (SSSR count). The number of hydrogen-bond acceptors (Lipinski definition) is 4. The Morgan fingerprint density at radius 2 is 2.14 bits per heavy atom. The molecular weight excluding hydrogens is 304 g/mol. The zero-order chi connectivity index (χ0) is 16.3. The van der Waals surface area contributed by atoms with Crippen molar-refractivity contribution in [1.29, 1.82) is 0 Å². The van der Waals surface area contributed by atoms with Gasteiger partial charge >= 0.3 is 0 Å². The predicted molar refractivity (Wildman–Crippen MR) is 87.6 cm³/mol. The first-order valence-corrected chi connectivity index (χ1v) is 7.45. The minimum Gasteiger partial charge on any atom is -0.349 e. The maximum atomic E-state index is 12.5. The predicted octanol–water partition coefficient (Wildman–Crippen LogP) is 1.36. The lowest BCUT2D eigenvalue weighted by molar-refractivity contribution is 0.0943. The second-order valence-corrected chi connectivity index (χ2v) is 5.65. The molecular formula is C15H19ClN4O2. The largest absolute Gasteiger partial charge is 0.349 e. The van der Waals surface area contributed by atoms with Crippen LogP contribution in [0.4, 0.5) is 0 Å². The summed E-state index contributed by atoms with van der Waals surface area (Å²) in [5.74, 6) is -0.462. The maximum absolute atomic E-state index is 12.5. The van der Waals surface area contributed by atoms with Crippen molar-refractivity contribution in [1.82, 2.24) is 20.0 Å². The molecule has 0 radical (unpaired) electrons. The Balaban J connectivity index is 2.43. The van der Waals surface area contributed by atoms with Crippen molar-refractivity contribution in [2.75, 3.05) is 27.2 Å². The lowest BCUT2D eigenvalue weighted by Crippen LogP contribution is -2.35. The van der Waals surface area contributed by atoms with E-state index in [1.807, 2.05) is 25.9 Å². The summed E-state index contributed by atoms with van der Waals surface area (Å²) >= 11 is 5.96. The van der Waals surface area contributed by atoms with Gasteiger partial charge in [-0.15, -0.1) is 0 Å². The molecule has 0 fully saturated rings. The third-order valence-corrected chi connectivity index (χ3v) is 3.51. The molecule has 0 spiro atoms. The van der Waals surface area contributed by atoms with Crippen molar-refractivity contribution in [2.45, 2.75) is 13.5 Å². The molecule has 6 nitrogen and oxygen atoms in total. The molecule has 7 heteroatoms. The van der Waals surface area contributed by atoms with Crippen LogP contribution in [-0.2, 0) is 6.54 Å². The van der Waals surface area contributed by atoms with Crippen molar-refractivity contribution in [2.24, 2.45) is 0 Å². The Morgan fingerprint density at radius 1 is 1.41 bits per heavy atom. The number of nitrogens with one attached hydrogen (secondary N) is 1.